The van der Waals surface area contributed by atoms with Gasteiger partial charge in [0.25, 0.3) is 0 Å². The monoisotopic (exact) mass is 446 g/mol. The summed E-state index contributed by atoms with van der Waals surface area (Å²) in [5.41, 5.74) is -7.77. The molecule has 2 amide bonds. The number of hydrogen-bond donors (Lipinski definition) is 2. The minimum Gasteiger partial charge on any atom is -0.451 e. The Morgan fingerprint density at radius 3 is 1.73 bits per heavy atom. The Bertz CT molecular complexity index is 863. The largest absolute Gasteiger partial charge is 0.458 e. The fraction of sp³-hybridized carbons (Fsp3) is 0.235. The maximum atomic E-state index is 13.5. The van der Waals surface area contributed by atoms with Crippen molar-refractivity contribution >= 4 is 11.7 Å². The third-order valence-electron chi connectivity index (χ3n) is 3.58. The van der Waals surface area contributed by atoms with E-state index in [1.165, 1.54) is 11.4 Å². The molecule has 2 aromatic rings. The lowest BCUT2D eigenvalue weighted by Gasteiger charge is -2.37. The van der Waals surface area contributed by atoms with E-state index in [4.69, 9.17) is 0 Å². The second-order valence-corrected chi connectivity index (χ2v) is 5.71. The molecular weight excluding hydrogens is 435 g/mol. The second-order valence-electron chi connectivity index (χ2n) is 5.71. The van der Waals surface area contributed by atoms with Gasteiger partial charge >= 0.3 is 30.3 Å². The van der Waals surface area contributed by atoms with E-state index in [9.17, 15) is 44.3 Å². The predicted octanol–water partition coefficient (Wildman–Crippen LogP) is 5.73. The molecule has 0 heterocycles. The Morgan fingerprint density at radius 2 is 1.23 bits per heavy atom. The predicted molar refractivity (Wildman–Crippen MR) is 85.5 cm³/mol. The van der Waals surface area contributed by atoms with Gasteiger partial charge in [0.1, 0.15) is 5.75 Å². The summed E-state index contributed by atoms with van der Waals surface area (Å²) in [5, 5.41) is 1.95. The van der Waals surface area contributed by atoms with Crippen molar-refractivity contribution in [3.63, 3.8) is 0 Å². The first-order valence-electron chi connectivity index (χ1n) is 7.80. The maximum Gasteiger partial charge on any atom is 0.458 e. The van der Waals surface area contributed by atoms with Crippen LogP contribution in [0.2, 0.25) is 0 Å². The number of nitrogens with one attached hydrogen (secondary N) is 2. The molecule has 0 atom stereocenters. The Kier molecular flexibility index (Phi) is 6.14. The number of carbonyl (C=O) groups is 1. The molecule has 30 heavy (non-hydrogen) atoms. The molecule has 0 saturated heterocycles. The van der Waals surface area contributed by atoms with Gasteiger partial charge in [0, 0.05) is 0 Å². The van der Waals surface area contributed by atoms with Crippen molar-refractivity contribution in [3.05, 3.63) is 60.2 Å². The minimum absolute atomic E-state index is 0.483. The van der Waals surface area contributed by atoms with Gasteiger partial charge in [-0.2, -0.15) is 39.5 Å². The zero-order valence-corrected chi connectivity index (χ0v) is 14.4. The molecule has 0 saturated carbocycles. The SMILES string of the molecule is O=C(Nc1ccccc1C(F)(F)F)NC(Oc1ccccc1)(C(F)(F)F)C(F)(F)F. The fourth-order valence-electron chi connectivity index (χ4n) is 2.26. The van der Waals surface area contributed by atoms with Crippen molar-refractivity contribution < 1.29 is 49.0 Å². The van der Waals surface area contributed by atoms with E-state index >= 15 is 0 Å². The van der Waals surface area contributed by atoms with Crippen LogP contribution in [0.25, 0.3) is 0 Å². The smallest absolute Gasteiger partial charge is 0.451 e. The lowest BCUT2D eigenvalue weighted by Crippen LogP contribution is -2.71. The van der Waals surface area contributed by atoms with Crippen molar-refractivity contribution in [3.8, 4) is 5.75 Å². The van der Waals surface area contributed by atoms with Crippen LogP contribution in [0.1, 0.15) is 5.56 Å². The molecule has 13 heteroatoms. The Labute approximate surface area is 162 Å². The standard InChI is InChI=1S/C17H11F9N2O2/c18-14(19,20)11-8-4-5-9-12(11)27-13(29)28-15(16(21,22)23,17(24,25)26)30-10-6-2-1-3-7-10/h1-9H,(H2,27,28,29). The van der Waals surface area contributed by atoms with Crippen LogP contribution in [0.3, 0.4) is 0 Å². The van der Waals surface area contributed by atoms with Gasteiger partial charge in [0.2, 0.25) is 0 Å². The van der Waals surface area contributed by atoms with Crippen LogP contribution in [-0.2, 0) is 6.18 Å². The van der Waals surface area contributed by atoms with Crippen LogP contribution in [0.4, 0.5) is 50.0 Å². The number of alkyl halides is 9. The number of carbonyl (C=O) groups excluding carboxylic acids is 1. The summed E-state index contributed by atoms with van der Waals surface area (Å²) in [7, 11) is 0. The Balaban J connectivity index is 2.43. The van der Waals surface area contributed by atoms with E-state index in [-0.39, 0.29) is 0 Å². The zero-order chi connectivity index (χ0) is 22.8. The fourth-order valence-corrected chi connectivity index (χ4v) is 2.26. The molecule has 0 aliphatic rings. The number of benzene rings is 2. The number of hydrogen-bond acceptors (Lipinski definition) is 2. The normalized spacial score (nSPS) is 13.0. The summed E-state index contributed by atoms with van der Waals surface area (Å²) < 4.78 is 124. The van der Waals surface area contributed by atoms with Crippen LogP contribution in [0.15, 0.2) is 54.6 Å². The average Bonchev–Trinajstić information content (AvgIpc) is 2.59. The van der Waals surface area contributed by atoms with Gasteiger partial charge in [-0.1, -0.05) is 30.3 Å². The first kappa shape index (κ1) is 23.2. The zero-order valence-electron chi connectivity index (χ0n) is 14.4. The molecule has 2 N–H and O–H groups in total. The molecule has 0 spiro atoms. The van der Waals surface area contributed by atoms with E-state index in [2.05, 4.69) is 4.74 Å². The van der Waals surface area contributed by atoms with Gasteiger partial charge in [-0.25, -0.2) is 4.79 Å². The minimum atomic E-state index is -6.23. The Morgan fingerprint density at radius 1 is 0.733 bits per heavy atom. The molecular formula is C17H11F9N2O2. The van der Waals surface area contributed by atoms with Crippen molar-refractivity contribution in [2.45, 2.75) is 24.3 Å². The van der Waals surface area contributed by atoms with Gasteiger partial charge in [-0.15, -0.1) is 0 Å². The summed E-state index contributed by atoms with van der Waals surface area (Å²) in [6, 6.07) is 5.79. The number of amides is 2. The second kappa shape index (κ2) is 7.95. The van der Waals surface area contributed by atoms with Crippen LogP contribution in [0.5, 0.6) is 5.75 Å². The molecule has 2 aromatic carbocycles. The molecule has 0 unspecified atom stereocenters. The van der Waals surface area contributed by atoms with Crippen molar-refractivity contribution in [1.82, 2.24) is 5.32 Å². The van der Waals surface area contributed by atoms with E-state index in [1.54, 1.807) is 0 Å². The number of ether oxygens (including phenoxy) is 1. The highest BCUT2D eigenvalue weighted by molar-refractivity contribution is 5.90. The highest BCUT2D eigenvalue weighted by atomic mass is 19.4. The number of anilines is 1. The summed E-state index contributed by atoms with van der Waals surface area (Å²) in [5.74, 6) is -0.900. The number of urea groups is 1. The van der Waals surface area contributed by atoms with Crippen LogP contribution in [-0.4, -0.2) is 24.1 Å². The van der Waals surface area contributed by atoms with Crippen LogP contribution in [0, 0.1) is 0 Å². The van der Waals surface area contributed by atoms with E-state index < -0.39 is 47.3 Å². The lowest BCUT2D eigenvalue weighted by molar-refractivity contribution is -0.364. The third-order valence-corrected chi connectivity index (χ3v) is 3.58. The third kappa shape index (κ3) is 4.89. The molecule has 0 fully saturated rings. The summed E-state index contributed by atoms with van der Waals surface area (Å²) >= 11 is 0. The van der Waals surface area contributed by atoms with Gasteiger partial charge in [-0.05, 0) is 24.3 Å². The first-order valence-corrected chi connectivity index (χ1v) is 7.80. The lowest BCUT2D eigenvalue weighted by atomic mass is 10.1. The topological polar surface area (TPSA) is 50.4 Å². The molecule has 0 bridgehead atoms. The first-order chi connectivity index (χ1) is 13.7. The number of halogens is 9. The van der Waals surface area contributed by atoms with Gasteiger partial charge in [0.15, 0.2) is 0 Å². The highest BCUT2D eigenvalue weighted by Crippen LogP contribution is 2.44. The van der Waals surface area contributed by atoms with Crippen molar-refractivity contribution in [2.75, 3.05) is 5.32 Å². The molecule has 0 aliphatic carbocycles. The summed E-state index contributed by atoms with van der Waals surface area (Å²) in [6.45, 7) is 0. The van der Waals surface area contributed by atoms with E-state index in [0.717, 1.165) is 36.4 Å². The summed E-state index contributed by atoms with van der Waals surface area (Å²) in [6.07, 6.45) is -17.5. The van der Waals surface area contributed by atoms with Crippen LogP contribution >= 0.6 is 0 Å². The molecule has 0 radical (unpaired) electrons. The van der Waals surface area contributed by atoms with E-state index in [1.807, 2.05) is 0 Å². The molecule has 2 rings (SSSR count). The van der Waals surface area contributed by atoms with Crippen LogP contribution < -0.4 is 15.4 Å². The Hall–Kier alpha value is -3.12. The van der Waals surface area contributed by atoms with Gasteiger partial charge in [0.05, 0.1) is 11.3 Å². The molecule has 0 aromatic heterocycles. The van der Waals surface area contributed by atoms with Crippen molar-refractivity contribution in [1.29, 1.82) is 0 Å². The van der Waals surface area contributed by atoms with Gasteiger partial charge < -0.3 is 10.1 Å². The average molecular weight is 446 g/mol. The van der Waals surface area contributed by atoms with E-state index in [0.29, 0.717) is 17.4 Å². The quantitative estimate of drug-likeness (QED) is 0.466. The molecule has 164 valence electrons. The maximum absolute atomic E-state index is 13.5. The molecule has 0 aliphatic heterocycles. The molecule has 4 nitrogen and oxygen atoms in total. The number of rotatable bonds is 4. The highest BCUT2D eigenvalue weighted by Gasteiger charge is 2.75. The summed E-state index contributed by atoms with van der Waals surface area (Å²) in [4.78, 5) is 11.9. The van der Waals surface area contributed by atoms with Gasteiger partial charge in [-0.3, -0.25) is 5.32 Å². The van der Waals surface area contributed by atoms with Crippen molar-refractivity contribution in [2.24, 2.45) is 0 Å². The number of para-hydroxylation sites is 2.